The lowest BCUT2D eigenvalue weighted by Crippen LogP contribution is -1.78. The van der Waals surface area contributed by atoms with Gasteiger partial charge in [-0.1, -0.05) is 0 Å². The minimum absolute atomic E-state index is 0.202. The Kier molecular flexibility index (Phi) is 2.40. The fourth-order valence-electron chi connectivity index (χ4n) is 0.772. The van der Waals surface area contributed by atoms with Crippen LogP contribution in [0, 0.1) is 11.3 Å². The molecule has 0 aromatic heterocycles. The van der Waals surface area contributed by atoms with Crippen LogP contribution in [-0.4, -0.2) is 11.4 Å². The van der Waals surface area contributed by atoms with Gasteiger partial charge in [-0.3, -0.25) is 0 Å². The van der Waals surface area contributed by atoms with E-state index in [1.807, 2.05) is 12.3 Å². The van der Waals surface area contributed by atoms with Crippen LogP contribution in [0.1, 0.15) is 5.56 Å². The maximum atomic E-state index is 9.04. The Morgan fingerprint density at radius 2 is 2.27 bits per heavy atom. The van der Waals surface area contributed by atoms with Gasteiger partial charge < -0.3 is 5.11 Å². The van der Waals surface area contributed by atoms with Gasteiger partial charge in [0.2, 0.25) is 0 Å². The van der Waals surface area contributed by atoms with Crippen molar-refractivity contribution in [3.63, 3.8) is 0 Å². The Morgan fingerprint density at radius 1 is 1.55 bits per heavy atom. The third-order valence-electron chi connectivity index (χ3n) is 1.31. The average molecular weight is 165 g/mol. The largest absolute Gasteiger partial charge is 0.508 e. The summed E-state index contributed by atoms with van der Waals surface area (Å²) in [5.41, 5.74) is 0.607. The molecule has 1 aromatic rings. The van der Waals surface area contributed by atoms with Crippen LogP contribution in [0.25, 0.3) is 0 Å². The molecule has 0 saturated heterocycles. The van der Waals surface area contributed by atoms with Gasteiger partial charge in [-0.15, -0.1) is 11.8 Å². The predicted molar refractivity (Wildman–Crippen MR) is 44.6 cm³/mol. The first kappa shape index (κ1) is 7.96. The molecule has 0 unspecified atom stereocenters. The lowest BCUT2D eigenvalue weighted by molar-refractivity contribution is 0.473. The number of benzene rings is 1. The topological polar surface area (TPSA) is 44.0 Å². The van der Waals surface area contributed by atoms with E-state index in [2.05, 4.69) is 0 Å². The van der Waals surface area contributed by atoms with Gasteiger partial charge in [0.25, 0.3) is 0 Å². The van der Waals surface area contributed by atoms with Crippen molar-refractivity contribution in [1.82, 2.24) is 0 Å². The molecule has 0 heterocycles. The van der Waals surface area contributed by atoms with Crippen molar-refractivity contribution in [2.45, 2.75) is 4.90 Å². The first-order valence-corrected chi connectivity index (χ1v) is 4.27. The number of rotatable bonds is 1. The third-order valence-corrected chi connectivity index (χ3v) is 2.08. The van der Waals surface area contributed by atoms with Crippen molar-refractivity contribution < 1.29 is 5.11 Å². The lowest BCUT2D eigenvalue weighted by atomic mass is 10.2. The van der Waals surface area contributed by atoms with E-state index in [1.54, 1.807) is 12.1 Å². The van der Waals surface area contributed by atoms with E-state index in [1.165, 1.54) is 17.8 Å². The molecular weight excluding hydrogens is 158 g/mol. The highest BCUT2D eigenvalue weighted by Gasteiger charge is 2.00. The minimum atomic E-state index is 0.202. The number of phenols is 1. The number of hydrogen-bond acceptors (Lipinski definition) is 3. The van der Waals surface area contributed by atoms with Crippen molar-refractivity contribution >= 4 is 11.8 Å². The number of aromatic hydroxyl groups is 1. The van der Waals surface area contributed by atoms with Gasteiger partial charge >= 0.3 is 0 Å². The number of nitrogens with zero attached hydrogens (tertiary/aromatic N) is 1. The molecule has 3 heteroatoms. The van der Waals surface area contributed by atoms with E-state index < -0.39 is 0 Å². The van der Waals surface area contributed by atoms with Gasteiger partial charge in [-0.2, -0.15) is 5.26 Å². The highest BCUT2D eigenvalue weighted by atomic mass is 32.2. The molecule has 0 spiro atoms. The van der Waals surface area contributed by atoms with E-state index in [0.29, 0.717) is 5.56 Å². The molecule has 0 fully saturated rings. The smallest absolute Gasteiger partial charge is 0.116 e. The van der Waals surface area contributed by atoms with Gasteiger partial charge in [0, 0.05) is 4.90 Å². The van der Waals surface area contributed by atoms with E-state index in [4.69, 9.17) is 10.4 Å². The first-order chi connectivity index (χ1) is 5.27. The van der Waals surface area contributed by atoms with Crippen LogP contribution in [-0.2, 0) is 0 Å². The monoisotopic (exact) mass is 165 g/mol. The third kappa shape index (κ3) is 1.66. The zero-order valence-corrected chi connectivity index (χ0v) is 6.85. The summed E-state index contributed by atoms with van der Waals surface area (Å²) in [5, 5.41) is 17.6. The van der Waals surface area contributed by atoms with Crippen LogP contribution in [0.4, 0.5) is 0 Å². The highest BCUT2D eigenvalue weighted by Crippen LogP contribution is 2.23. The van der Waals surface area contributed by atoms with E-state index in [-0.39, 0.29) is 5.75 Å². The van der Waals surface area contributed by atoms with Crippen molar-refractivity contribution in [2.24, 2.45) is 0 Å². The van der Waals surface area contributed by atoms with Crippen LogP contribution in [0.3, 0.4) is 0 Å². The second-order valence-electron chi connectivity index (χ2n) is 2.00. The number of hydrogen-bond donors (Lipinski definition) is 1. The van der Waals surface area contributed by atoms with Gasteiger partial charge in [0.15, 0.2) is 0 Å². The zero-order valence-electron chi connectivity index (χ0n) is 6.03. The normalized spacial score (nSPS) is 9.09. The van der Waals surface area contributed by atoms with Crippen molar-refractivity contribution in [2.75, 3.05) is 6.26 Å². The minimum Gasteiger partial charge on any atom is -0.508 e. The van der Waals surface area contributed by atoms with Crippen molar-refractivity contribution in [3.05, 3.63) is 23.8 Å². The average Bonchev–Trinajstić information content (AvgIpc) is 2.04. The number of phenolic OH excluding ortho intramolecular Hbond substituents is 1. The second kappa shape index (κ2) is 3.31. The molecule has 11 heavy (non-hydrogen) atoms. The van der Waals surface area contributed by atoms with Gasteiger partial charge in [-0.25, -0.2) is 0 Å². The Morgan fingerprint density at radius 3 is 2.82 bits per heavy atom. The number of thioether (sulfide) groups is 1. The van der Waals surface area contributed by atoms with Crippen LogP contribution in [0.2, 0.25) is 0 Å². The molecule has 1 N–H and O–H groups in total. The summed E-state index contributed by atoms with van der Waals surface area (Å²) in [5.74, 6) is 0.202. The van der Waals surface area contributed by atoms with Crippen molar-refractivity contribution in [1.29, 1.82) is 5.26 Å². The maximum absolute atomic E-state index is 9.04. The van der Waals surface area contributed by atoms with E-state index in [9.17, 15) is 0 Å². The molecule has 0 amide bonds. The summed E-state index contributed by atoms with van der Waals surface area (Å²) in [4.78, 5) is 0.813. The summed E-state index contributed by atoms with van der Waals surface area (Å²) in [6.45, 7) is 0. The molecule has 56 valence electrons. The van der Waals surface area contributed by atoms with Gasteiger partial charge in [0.1, 0.15) is 11.8 Å². The van der Waals surface area contributed by atoms with Crippen LogP contribution >= 0.6 is 11.8 Å². The standard InChI is InChI=1S/C8H7NOS/c1-11-8-4-7(10)3-2-6(8)5-9/h2-4,10H,1H3. The second-order valence-corrected chi connectivity index (χ2v) is 2.84. The number of nitriles is 1. The van der Waals surface area contributed by atoms with Crippen molar-refractivity contribution in [3.8, 4) is 11.8 Å². The molecule has 0 bridgehead atoms. The van der Waals surface area contributed by atoms with E-state index in [0.717, 1.165) is 4.90 Å². The molecule has 0 aliphatic carbocycles. The summed E-state index contributed by atoms with van der Waals surface area (Å²) < 4.78 is 0. The molecule has 0 aliphatic rings. The van der Waals surface area contributed by atoms with Crippen LogP contribution < -0.4 is 0 Å². The maximum Gasteiger partial charge on any atom is 0.116 e. The van der Waals surface area contributed by atoms with Crippen LogP contribution in [0.15, 0.2) is 23.1 Å². The fraction of sp³-hybridized carbons (Fsp3) is 0.125. The summed E-state index contributed by atoms with van der Waals surface area (Å²) >= 11 is 1.45. The molecule has 1 rings (SSSR count). The molecule has 1 aromatic carbocycles. The Balaban J connectivity index is 3.19. The Hall–Kier alpha value is -1.14. The predicted octanol–water partition coefficient (Wildman–Crippen LogP) is 1.99. The lowest BCUT2D eigenvalue weighted by Gasteiger charge is -1.98. The van der Waals surface area contributed by atoms with Gasteiger partial charge in [-0.05, 0) is 24.5 Å². The summed E-state index contributed by atoms with van der Waals surface area (Å²) in [6, 6.07) is 6.75. The Labute approximate surface area is 69.5 Å². The molecule has 0 radical (unpaired) electrons. The molecule has 0 aliphatic heterocycles. The van der Waals surface area contributed by atoms with Crippen LogP contribution in [0.5, 0.6) is 5.75 Å². The first-order valence-electron chi connectivity index (χ1n) is 3.05. The molecule has 2 nitrogen and oxygen atoms in total. The van der Waals surface area contributed by atoms with Gasteiger partial charge in [0.05, 0.1) is 5.56 Å². The fourth-order valence-corrected chi connectivity index (χ4v) is 1.34. The summed E-state index contributed by atoms with van der Waals surface area (Å²) in [6.07, 6.45) is 1.87. The SMILES string of the molecule is CSc1cc(O)ccc1C#N. The zero-order chi connectivity index (χ0) is 8.27. The quantitative estimate of drug-likeness (QED) is 0.647. The van der Waals surface area contributed by atoms with E-state index >= 15 is 0 Å². The Bertz CT molecular complexity index is 303. The molecule has 0 atom stereocenters. The summed E-state index contributed by atoms with van der Waals surface area (Å²) in [7, 11) is 0. The molecular formula is C8H7NOS. The molecule has 0 saturated carbocycles. The highest BCUT2D eigenvalue weighted by molar-refractivity contribution is 7.98.